The lowest BCUT2D eigenvalue weighted by atomic mass is 10.0. The Morgan fingerprint density at radius 3 is 2.64 bits per heavy atom. The summed E-state index contributed by atoms with van der Waals surface area (Å²) in [6.45, 7) is 3.98. The zero-order valence-corrected chi connectivity index (χ0v) is 13.0. The second-order valence-corrected chi connectivity index (χ2v) is 5.56. The van der Waals surface area contributed by atoms with Crippen molar-refractivity contribution < 1.29 is 14.3 Å². The van der Waals surface area contributed by atoms with E-state index in [0.29, 0.717) is 17.5 Å². The summed E-state index contributed by atoms with van der Waals surface area (Å²) in [5, 5.41) is 3.64. The minimum Gasteiger partial charge on any atom is -0.467 e. The van der Waals surface area contributed by atoms with Gasteiger partial charge in [0.2, 0.25) is 0 Å². The van der Waals surface area contributed by atoms with E-state index in [1.54, 1.807) is 18.3 Å². The maximum Gasteiger partial charge on any atom is 0.328 e. The average molecular weight is 300 g/mol. The van der Waals surface area contributed by atoms with Crippen molar-refractivity contribution >= 4 is 22.8 Å². The Morgan fingerprint density at radius 2 is 1.95 bits per heavy atom. The Labute approximate surface area is 129 Å². The van der Waals surface area contributed by atoms with Crippen molar-refractivity contribution in [1.29, 1.82) is 0 Å². The maximum absolute atomic E-state index is 12.5. The lowest BCUT2D eigenvalue weighted by Crippen LogP contribution is -2.42. The molecule has 5 heteroatoms. The number of methoxy groups -OCH3 is 1. The molecule has 0 saturated heterocycles. The SMILES string of the molecule is COC(=O)[C@H](CC(C)C)NC(=O)c1cccc2cccnc12. The van der Waals surface area contributed by atoms with E-state index < -0.39 is 12.0 Å². The first kappa shape index (κ1) is 15.9. The fourth-order valence-corrected chi connectivity index (χ4v) is 2.35. The first-order chi connectivity index (χ1) is 10.5. The number of benzene rings is 1. The molecule has 0 bridgehead atoms. The summed E-state index contributed by atoms with van der Waals surface area (Å²) in [6.07, 6.45) is 2.17. The predicted molar refractivity (Wildman–Crippen MR) is 84.5 cm³/mol. The van der Waals surface area contributed by atoms with Crippen LogP contribution in [0.15, 0.2) is 36.5 Å². The largest absolute Gasteiger partial charge is 0.467 e. The highest BCUT2D eigenvalue weighted by Crippen LogP contribution is 2.16. The van der Waals surface area contributed by atoms with Crippen molar-refractivity contribution in [3.63, 3.8) is 0 Å². The van der Waals surface area contributed by atoms with Crippen LogP contribution < -0.4 is 5.32 Å². The summed E-state index contributed by atoms with van der Waals surface area (Å²) in [5.74, 6) is -0.495. The lowest BCUT2D eigenvalue weighted by molar-refractivity contribution is -0.143. The van der Waals surface area contributed by atoms with Crippen LogP contribution in [0.1, 0.15) is 30.6 Å². The van der Waals surface area contributed by atoms with Crippen molar-refractivity contribution in [2.75, 3.05) is 7.11 Å². The van der Waals surface area contributed by atoms with Gasteiger partial charge in [-0.15, -0.1) is 0 Å². The molecule has 0 aliphatic rings. The number of para-hydroxylation sites is 1. The standard InChI is InChI=1S/C17H20N2O3/c1-11(2)10-14(17(21)22-3)19-16(20)13-8-4-6-12-7-5-9-18-15(12)13/h4-9,11,14H,10H2,1-3H3,(H,19,20)/t14-/m0/s1. The molecule has 0 fully saturated rings. The van der Waals surface area contributed by atoms with Crippen LogP contribution in [0.4, 0.5) is 0 Å². The number of carbonyl (C=O) groups excluding carboxylic acids is 2. The number of nitrogens with zero attached hydrogens (tertiary/aromatic N) is 1. The fraction of sp³-hybridized carbons (Fsp3) is 0.353. The first-order valence-electron chi connectivity index (χ1n) is 7.25. The molecule has 1 amide bonds. The van der Waals surface area contributed by atoms with E-state index in [1.807, 2.05) is 32.0 Å². The van der Waals surface area contributed by atoms with Crippen LogP contribution in [0.3, 0.4) is 0 Å². The van der Waals surface area contributed by atoms with Gasteiger partial charge in [-0.3, -0.25) is 9.78 Å². The molecular weight excluding hydrogens is 280 g/mol. The van der Waals surface area contributed by atoms with Gasteiger partial charge in [0.15, 0.2) is 0 Å². The first-order valence-corrected chi connectivity index (χ1v) is 7.25. The van der Waals surface area contributed by atoms with Crippen LogP contribution in [-0.4, -0.2) is 30.0 Å². The van der Waals surface area contributed by atoms with Crippen LogP contribution in [0, 0.1) is 5.92 Å². The average Bonchev–Trinajstić information content (AvgIpc) is 2.52. The quantitative estimate of drug-likeness (QED) is 0.862. The molecule has 0 spiro atoms. The Hall–Kier alpha value is -2.43. The number of ether oxygens (including phenoxy) is 1. The maximum atomic E-state index is 12.5. The van der Waals surface area contributed by atoms with E-state index >= 15 is 0 Å². The summed E-state index contributed by atoms with van der Waals surface area (Å²) in [6, 6.07) is 8.45. The highest BCUT2D eigenvalue weighted by Gasteiger charge is 2.24. The van der Waals surface area contributed by atoms with Gasteiger partial charge in [0.1, 0.15) is 6.04 Å². The molecule has 116 valence electrons. The summed E-state index contributed by atoms with van der Waals surface area (Å²) in [5.41, 5.74) is 1.08. The molecule has 2 rings (SSSR count). The number of carbonyl (C=O) groups is 2. The van der Waals surface area contributed by atoms with Crippen LogP contribution in [-0.2, 0) is 9.53 Å². The Morgan fingerprint density at radius 1 is 1.23 bits per heavy atom. The van der Waals surface area contributed by atoms with Gasteiger partial charge < -0.3 is 10.1 Å². The van der Waals surface area contributed by atoms with E-state index in [9.17, 15) is 9.59 Å². The Kier molecular flexibility index (Phi) is 5.09. The number of amides is 1. The number of rotatable bonds is 5. The highest BCUT2D eigenvalue weighted by atomic mass is 16.5. The third-order valence-electron chi connectivity index (χ3n) is 3.38. The Bertz CT molecular complexity index is 677. The van der Waals surface area contributed by atoms with E-state index in [2.05, 4.69) is 10.3 Å². The second-order valence-electron chi connectivity index (χ2n) is 5.56. The van der Waals surface area contributed by atoms with Crippen molar-refractivity contribution in [1.82, 2.24) is 10.3 Å². The summed E-state index contributed by atoms with van der Waals surface area (Å²) in [4.78, 5) is 28.6. The molecule has 1 atom stereocenters. The second kappa shape index (κ2) is 7.02. The van der Waals surface area contributed by atoms with Crippen molar-refractivity contribution in [2.45, 2.75) is 26.3 Å². The van der Waals surface area contributed by atoms with Gasteiger partial charge in [-0.1, -0.05) is 32.0 Å². The van der Waals surface area contributed by atoms with Crippen molar-refractivity contribution in [2.24, 2.45) is 5.92 Å². The monoisotopic (exact) mass is 300 g/mol. The molecule has 5 nitrogen and oxygen atoms in total. The molecule has 2 aromatic rings. The predicted octanol–water partition coefficient (Wildman–Crippen LogP) is 2.55. The molecule has 1 N–H and O–H groups in total. The number of hydrogen-bond acceptors (Lipinski definition) is 4. The van der Waals surface area contributed by atoms with E-state index in [-0.39, 0.29) is 11.8 Å². The fourth-order valence-electron chi connectivity index (χ4n) is 2.35. The van der Waals surface area contributed by atoms with Gasteiger partial charge >= 0.3 is 5.97 Å². The smallest absolute Gasteiger partial charge is 0.328 e. The molecule has 1 heterocycles. The molecule has 0 radical (unpaired) electrons. The summed E-state index contributed by atoms with van der Waals surface area (Å²) < 4.78 is 4.77. The molecule has 1 aromatic heterocycles. The Balaban J connectivity index is 2.27. The van der Waals surface area contributed by atoms with Crippen LogP contribution in [0.2, 0.25) is 0 Å². The molecule has 0 aliphatic heterocycles. The number of pyridine rings is 1. The topological polar surface area (TPSA) is 68.3 Å². The lowest BCUT2D eigenvalue weighted by Gasteiger charge is -2.18. The molecule has 0 aliphatic carbocycles. The van der Waals surface area contributed by atoms with Gasteiger partial charge in [-0.05, 0) is 24.5 Å². The molecular formula is C17H20N2O3. The number of nitrogens with one attached hydrogen (secondary N) is 1. The number of aromatic nitrogens is 1. The molecule has 1 aromatic carbocycles. The van der Waals surface area contributed by atoms with Crippen molar-refractivity contribution in [3.05, 3.63) is 42.1 Å². The summed E-state index contributed by atoms with van der Waals surface area (Å²) in [7, 11) is 1.32. The van der Waals surface area contributed by atoms with Gasteiger partial charge in [0, 0.05) is 11.6 Å². The van der Waals surface area contributed by atoms with E-state index in [4.69, 9.17) is 4.74 Å². The van der Waals surface area contributed by atoms with Gasteiger partial charge in [-0.2, -0.15) is 0 Å². The van der Waals surface area contributed by atoms with Gasteiger partial charge in [0.25, 0.3) is 5.91 Å². The third kappa shape index (κ3) is 3.61. The zero-order valence-electron chi connectivity index (χ0n) is 13.0. The van der Waals surface area contributed by atoms with E-state index in [1.165, 1.54) is 7.11 Å². The third-order valence-corrected chi connectivity index (χ3v) is 3.38. The van der Waals surface area contributed by atoms with Crippen LogP contribution in [0.25, 0.3) is 10.9 Å². The molecule has 0 unspecified atom stereocenters. The van der Waals surface area contributed by atoms with Crippen LogP contribution >= 0.6 is 0 Å². The van der Waals surface area contributed by atoms with Gasteiger partial charge in [0.05, 0.1) is 18.2 Å². The van der Waals surface area contributed by atoms with Gasteiger partial charge in [-0.25, -0.2) is 4.79 Å². The minimum absolute atomic E-state index is 0.259. The highest BCUT2D eigenvalue weighted by molar-refractivity contribution is 6.06. The molecule has 0 saturated carbocycles. The molecule has 22 heavy (non-hydrogen) atoms. The number of fused-ring (bicyclic) bond motifs is 1. The minimum atomic E-state index is -0.656. The summed E-state index contributed by atoms with van der Waals surface area (Å²) >= 11 is 0. The van der Waals surface area contributed by atoms with E-state index in [0.717, 1.165) is 5.39 Å². The number of hydrogen-bond donors (Lipinski definition) is 1. The van der Waals surface area contributed by atoms with Crippen LogP contribution in [0.5, 0.6) is 0 Å². The zero-order chi connectivity index (χ0) is 16.1. The normalized spacial score (nSPS) is 12.2. The number of esters is 1. The van der Waals surface area contributed by atoms with Crippen molar-refractivity contribution in [3.8, 4) is 0 Å².